The van der Waals surface area contributed by atoms with Gasteiger partial charge in [-0.15, -0.1) is 0 Å². The first-order valence-electron chi connectivity index (χ1n) is 6.84. The van der Waals surface area contributed by atoms with E-state index in [9.17, 15) is 4.79 Å². The van der Waals surface area contributed by atoms with Gasteiger partial charge in [-0.1, -0.05) is 18.6 Å². The van der Waals surface area contributed by atoms with Crippen LogP contribution in [-0.2, 0) is 9.53 Å². The maximum atomic E-state index is 11.1. The van der Waals surface area contributed by atoms with Crippen molar-refractivity contribution < 1.29 is 9.53 Å². The fraction of sp³-hybridized carbons (Fsp3) is 0.846. The highest BCUT2D eigenvalue weighted by atomic mass is 32.1. The maximum absolute atomic E-state index is 11.1. The third-order valence-corrected chi connectivity index (χ3v) is 3.60. The van der Waals surface area contributed by atoms with Gasteiger partial charge in [0.1, 0.15) is 0 Å². The zero-order valence-corrected chi connectivity index (χ0v) is 12.0. The van der Waals surface area contributed by atoms with Crippen LogP contribution < -0.4 is 5.73 Å². The Morgan fingerprint density at radius 2 is 2.22 bits per heavy atom. The number of esters is 1. The molecule has 0 aromatic heterocycles. The molecule has 0 amide bonds. The van der Waals surface area contributed by atoms with Crippen LogP contribution in [-0.4, -0.2) is 41.6 Å². The number of ether oxygens (including phenoxy) is 1. The number of nitrogens with zero attached hydrogens (tertiary/aromatic N) is 1. The van der Waals surface area contributed by atoms with Gasteiger partial charge in [0, 0.05) is 6.42 Å². The Hall–Kier alpha value is -0.680. The van der Waals surface area contributed by atoms with Gasteiger partial charge < -0.3 is 10.5 Å². The number of hydrogen-bond acceptors (Lipinski definition) is 4. The minimum Gasteiger partial charge on any atom is -0.466 e. The lowest BCUT2D eigenvalue weighted by Crippen LogP contribution is -2.39. The average Bonchev–Trinajstić information content (AvgIpc) is 2.77. The molecule has 1 aliphatic heterocycles. The van der Waals surface area contributed by atoms with Gasteiger partial charge in [0.15, 0.2) is 0 Å². The number of likely N-dealkylation sites (tertiary alicyclic amines) is 1. The first kappa shape index (κ1) is 15.4. The summed E-state index contributed by atoms with van der Waals surface area (Å²) in [5.41, 5.74) is 5.72. The summed E-state index contributed by atoms with van der Waals surface area (Å²) in [6.45, 7) is 4.44. The number of thiocarbonyl (C=S) groups is 1. The van der Waals surface area contributed by atoms with Gasteiger partial charge in [0.2, 0.25) is 0 Å². The molecular weight excluding hydrogens is 248 g/mol. The average molecular weight is 272 g/mol. The second-order valence-electron chi connectivity index (χ2n) is 4.71. The Morgan fingerprint density at radius 1 is 1.44 bits per heavy atom. The fourth-order valence-corrected chi connectivity index (χ4v) is 2.68. The minimum atomic E-state index is -0.0836. The quantitative estimate of drug-likeness (QED) is 0.415. The highest BCUT2D eigenvalue weighted by molar-refractivity contribution is 7.80. The normalized spacial score (nSPS) is 19.9. The molecular formula is C13H24N2O2S. The molecule has 0 aliphatic carbocycles. The lowest BCUT2D eigenvalue weighted by molar-refractivity contribution is -0.143. The first-order chi connectivity index (χ1) is 8.65. The molecule has 1 saturated heterocycles. The van der Waals surface area contributed by atoms with Crippen LogP contribution in [0.3, 0.4) is 0 Å². The molecule has 0 aromatic rings. The Kier molecular flexibility index (Phi) is 7.20. The highest BCUT2D eigenvalue weighted by Crippen LogP contribution is 2.18. The summed E-state index contributed by atoms with van der Waals surface area (Å²) >= 11 is 5.07. The van der Waals surface area contributed by atoms with E-state index in [4.69, 9.17) is 22.7 Å². The van der Waals surface area contributed by atoms with Gasteiger partial charge in [-0.25, -0.2) is 0 Å². The molecule has 0 spiro atoms. The third kappa shape index (κ3) is 5.31. The largest absolute Gasteiger partial charge is 0.466 e. The predicted octanol–water partition coefficient (Wildman–Crippen LogP) is 1.86. The van der Waals surface area contributed by atoms with Gasteiger partial charge in [-0.3, -0.25) is 9.69 Å². The molecule has 4 nitrogen and oxygen atoms in total. The van der Waals surface area contributed by atoms with E-state index in [1.165, 1.54) is 6.42 Å². The Bertz CT molecular complexity index is 284. The van der Waals surface area contributed by atoms with Crippen molar-refractivity contribution >= 4 is 23.2 Å². The van der Waals surface area contributed by atoms with Crippen molar-refractivity contribution in [2.45, 2.75) is 51.5 Å². The molecule has 2 N–H and O–H groups in total. The summed E-state index contributed by atoms with van der Waals surface area (Å²) in [7, 11) is 0. The van der Waals surface area contributed by atoms with Gasteiger partial charge in [-0.05, 0) is 45.7 Å². The number of hydrogen-bond donors (Lipinski definition) is 1. The van der Waals surface area contributed by atoms with Crippen molar-refractivity contribution in [2.24, 2.45) is 5.73 Å². The van der Waals surface area contributed by atoms with E-state index in [0.29, 0.717) is 24.1 Å². The molecule has 1 fully saturated rings. The van der Waals surface area contributed by atoms with Crippen LogP contribution >= 0.6 is 12.2 Å². The topological polar surface area (TPSA) is 55.6 Å². The minimum absolute atomic E-state index is 0.0836. The van der Waals surface area contributed by atoms with Crippen LogP contribution in [0.2, 0.25) is 0 Å². The Labute approximate surface area is 115 Å². The van der Waals surface area contributed by atoms with Gasteiger partial charge >= 0.3 is 5.97 Å². The summed E-state index contributed by atoms with van der Waals surface area (Å²) in [6, 6.07) is 0.296. The molecule has 5 heteroatoms. The van der Waals surface area contributed by atoms with Crippen LogP contribution in [0.4, 0.5) is 0 Å². The summed E-state index contributed by atoms with van der Waals surface area (Å²) in [5.74, 6) is -0.0836. The second kappa shape index (κ2) is 8.43. The lowest BCUT2D eigenvalue weighted by atomic mass is 10.1. The van der Waals surface area contributed by atoms with Gasteiger partial charge in [0.25, 0.3) is 0 Å². The smallest absolute Gasteiger partial charge is 0.305 e. The van der Waals surface area contributed by atoms with Crippen LogP contribution in [0.25, 0.3) is 0 Å². The molecule has 104 valence electrons. The SMILES string of the molecule is CCOC(=O)CCCCCN1CCCC1C(N)=S. The zero-order valence-electron chi connectivity index (χ0n) is 11.2. The number of carbonyl (C=O) groups is 1. The summed E-state index contributed by atoms with van der Waals surface area (Å²) in [6.07, 6.45) is 5.87. The number of nitrogens with two attached hydrogens (primary N) is 1. The molecule has 0 radical (unpaired) electrons. The molecule has 1 heterocycles. The third-order valence-electron chi connectivity index (χ3n) is 3.32. The Balaban J connectivity index is 2.07. The lowest BCUT2D eigenvalue weighted by Gasteiger charge is -2.23. The van der Waals surface area contributed by atoms with E-state index in [0.717, 1.165) is 38.8 Å². The molecule has 0 bridgehead atoms. The van der Waals surface area contributed by atoms with Crippen LogP contribution in [0, 0.1) is 0 Å². The van der Waals surface area contributed by atoms with Crippen LogP contribution in [0.15, 0.2) is 0 Å². The summed E-state index contributed by atoms with van der Waals surface area (Å²) in [4.78, 5) is 14.1. The van der Waals surface area contributed by atoms with Crippen molar-refractivity contribution in [3.8, 4) is 0 Å². The number of unbranched alkanes of at least 4 members (excludes halogenated alkanes) is 2. The molecule has 18 heavy (non-hydrogen) atoms. The standard InChI is InChI=1S/C13H24N2O2S/c1-2-17-12(16)8-4-3-5-9-15-10-6-7-11(15)13(14)18/h11H,2-10H2,1H3,(H2,14,18). The summed E-state index contributed by atoms with van der Waals surface area (Å²) in [5, 5.41) is 0. The fourth-order valence-electron chi connectivity index (χ4n) is 2.41. The van der Waals surface area contributed by atoms with Crippen LogP contribution in [0.1, 0.15) is 45.4 Å². The molecule has 1 unspecified atom stereocenters. The van der Waals surface area contributed by atoms with E-state index in [-0.39, 0.29) is 5.97 Å². The van der Waals surface area contributed by atoms with Crippen molar-refractivity contribution in [1.82, 2.24) is 4.90 Å². The van der Waals surface area contributed by atoms with E-state index < -0.39 is 0 Å². The molecule has 1 aliphatic rings. The predicted molar refractivity (Wildman–Crippen MR) is 76.5 cm³/mol. The van der Waals surface area contributed by atoms with Crippen molar-refractivity contribution in [2.75, 3.05) is 19.7 Å². The Morgan fingerprint density at radius 3 is 2.89 bits per heavy atom. The molecule has 0 saturated carbocycles. The van der Waals surface area contributed by atoms with E-state index in [1.807, 2.05) is 6.92 Å². The first-order valence-corrected chi connectivity index (χ1v) is 7.25. The number of carbonyl (C=O) groups excluding carboxylic acids is 1. The van der Waals surface area contributed by atoms with Gasteiger partial charge in [0.05, 0.1) is 17.6 Å². The summed E-state index contributed by atoms with van der Waals surface area (Å²) < 4.78 is 4.89. The van der Waals surface area contributed by atoms with E-state index >= 15 is 0 Å². The van der Waals surface area contributed by atoms with Crippen molar-refractivity contribution in [3.63, 3.8) is 0 Å². The maximum Gasteiger partial charge on any atom is 0.305 e. The van der Waals surface area contributed by atoms with Gasteiger partial charge in [-0.2, -0.15) is 0 Å². The van der Waals surface area contributed by atoms with Crippen LogP contribution in [0.5, 0.6) is 0 Å². The van der Waals surface area contributed by atoms with E-state index in [2.05, 4.69) is 4.90 Å². The number of rotatable bonds is 8. The monoisotopic (exact) mass is 272 g/mol. The molecule has 1 rings (SSSR count). The molecule has 0 aromatic carbocycles. The zero-order chi connectivity index (χ0) is 13.4. The second-order valence-corrected chi connectivity index (χ2v) is 5.18. The highest BCUT2D eigenvalue weighted by Gasteiger charge is 2.25. The van der Waals surface area contributed by atoms with E-state index in [1.54, 1.807) is 0 Å². The van der Waals surface area contributed by atoms with Crippen molar-refractivity contribution in [1.29, 1.82) is 0 Å². The molecule has 1 atom stereocenters. The van der Waals surface area contributed by atoms with Crippen molar-refractivity contribution in [3.05, 3.63) is 0 Å².